The number of fused-ring (bicyclic) bond motifs is 6. The van der Waals surface area contributed by atoms with Crippen molar-refractivity contribution in [3.05, 3.63) is 42.6 Å². The van der Waals surface area contributed by atoms with Gasteiger partial charge in [0.15, 0.2) is 17.7 Å². The number of thiophene rings is 1. The Morgan fingerprint density at radius 1 is 1.00 bits per heavy atom. The second-order valence-corrected chi connectivity index (χ2v) is 6.38. The number of pyridine rings is 1. The predicted octanol–water partition coefficient (Wildman–Crippen LogP) is 3.76. The van der Waals surface area contributed by atoms with Crippen LogP contribution in [0, 0.1) is 0 Å². The van der Waals surface area contributed by atoms with Crippen molar-refractivity contribution in [3.63, 3.8) is 0 Å². The third-order valence-electron chi connectivity index (χ3n) is 4.07. The van der Waals surface area contributed by atoms with Crippen molar-refractivity contribution < 1.29 is 14.0 Å². The van der Waals surface area contributed by atoms with Crippen LogP contribution < -0.4 is 14.0 Å². The van der Waals surface area contributed by atoms with Gasteiger partial charge in [-0.05, 0) is 12.1 Å². The first-order valence-corrected chi connectivity index (χ1v) is 7.66. The van der Waals surface area contributed by atoms with E-state index in [1.54, 1.807) is 11.3 Å². The third kappa shape index (κ3) is 1.45. The molecule has 0 aliphatic carbocycles. The highest BCUT2D eigenvalue weighted by molar-refractivity contribution is 7.26. The maximum absolute atomic E-state index is 5.54. The molecule has 0 spiro atoms. The molecule has 4 heteroatoms. The van der Waals surface area contributed by atoms with Gasteiger partial charge < -0.3 is 9.47 Å². The highest BCUT2D eigenvalue weighted by Gasteiger charge is 2.20. The van der Waals surface area contributed by atoms with Gasteiger partial charge in [-0.15, -0.1) is 11.3 Å². The molecule has 0 N–H and O–H groups in total. The Bertz CT molecular complexity index is 1040. The molecule has 5 rings (SSSR count). The number of hydrogen-bond acceptors (Lipinski definition) is 3. The van der Waals surface area contributed by atoms with Gasteiger partial charge >= 0.3 is 0 Å². The number of ether oxygens (including phenoxy) is 2. The minimum atomic E-state index is 0.320. The maximum atomic E-state index is 5.54. The minimum Gasteiger partial charge on any atom is -0.454 e. The fourth-order valence-corrected chi connectivity index (χ4v) is 4.32. The van der Waals surface area contributed by atoms with E-state index in [0.717, 1.165) is 11.5 Å². The summed E-state index contributed by atoms with van der Waals surface area (Å²) in [7, 11) is 2.10. The van der Waals surface area contributed by atoms with Crippen LogP contribution in [0.2, 0.25) is 0 Å². The smallest absolute Gasteiger partial charge is 0.231 e. The van der Waals surface area contributed by atoms with Crippen LogP contribution in [0.5, 0.6) is 11.5 Å². The van der Waals surface area contributed by atoms with Crippen molar-refractivity contribution in [3.8, 4) is 11.5 Å². The molecule has 1 aliphatic heterocycles. The normalized spacial score (nSPS) is 13.6. The predicted molar refractivity (Wildman–Crippen MR) is 84.1 cm³/mol. The van der Waals surface area contributed by atoms with Gasteiger partial charge in [0.25, 0.3) is 0 Å². The molecule has 0 amide bonds. The monoisotopic (exact) mass is 294 g/mol. The Kier molecular flexibility index (Phi) is 2.08. The summed E-state index contributed by atoms with van der Waals surface area (Å²) in [6, 6.07) is 12.7. The summed E-state index contributed by atoms with van der Waals surface area (Å²) in [5.41, 5.74) is 1.24. The highest BCUT2D eigenvalue weighted by atomic mass is 32.1. The molecule has 2 aromatic carbocycles. The molecule has 4 aromatic rings. The molecule has 0 bridgehead atoms. The number of nitrogens with zero attached hydrogens (tertiary/aromatic N) is 1. The van der Waals surface area contributed by atoms with Gasteiger partial charge in [-0.1, -0.05) is 12.1 Å². The molecule has 1 aliphatic rings. The van der Waals surface area contributed by atoms with Crippen LogP contribution in [0.15, 0.2) is 42.6 Å². The summed E-state index contributed by atoms with van der Waals surface area (Å²) < 4.78 is 15.7. The molecule has 0 saturated carbocycles. The zero-order chi connectivity index (χ0) is 14.0. The fraction of sp³-hybridized carbons (Fsp3) is 0.118. The van der Waals surface area contributed by atoms with Gasteiger partial charge in [0.1, 0.15) is 11.7 Å². The molecule has 0 atom stereocenters. The number of para-hydroxylation sites is 1. The van der Waals surface area contributed by atoms with Gasteiger partial charge in [0, 0.05) is 27.6 Å². The number of benzene rings is 2. The quantitative estimate of drug-likeness (QED) is 0.461. The van der Waals surface area contributed by atoms with E-state index in [1.807, 2.05) is 0 Å². The van der Waals surface area contributed by atoms with Crippen LogP contribution in [-0.4, -0.2) is 6.79 Å². The van der Waals surface area contributed by atoms with Gasteiger partial charge in [0.05, 0.1) is 5.39 Å². The topological polar surface area (TPSA) is 22.3 Å². The summed E-state index contributed by atoms with van der Waals surface area (Å²) in [5.74, 6) is 1.70. The van der Waals surface area contributed by atoms with Crippen LogP contribution in [0.4, 0.5) is 0 Å². The van der Waals surface area contributed by atoms with E-state index >= 15 is 0 Å². The zero-order valence-corrected chi connectivity index (χ0v) is 12.2. The summed E-state index contributed by atoms with van der Waals surface area (Å²) in [6.07, 6.45) is 2.20. The standard InChI is InChI=1S/C17H12NO2S/c1-18-8-16-17(10-4-2-3-5-12(10)18)11-6-13-14(20-9-19-13)7-15(11)21-16/h2-8H,9H2,1H3/q+1. The molecule has 3 heterocycles. The molecule has 0 radical (unpaired) electrons. The fourth-order valence-electron chi connectivity index (χ4n) is 3.11. The second-order valence-electron chi connectivity index (χ2n) is 5.30. The van der Waals surface area contributed by atoms with Crippen molar-refractivity contribution in [2.24, 2.45) is 7.05 Å². The zero-order valence-electron chi connectivity index (χ0n) is 11.4. The van der Waals surface area contributed by atoms with E-state index in [9.17, 15) is 0 Å². The summed E-state index contributed by atoms with van der Waals surface area (Å²) in [6.45, 7) is 0.320. The summed E-state index contributed by atoms with van der Waals surface area (Å²) >= 11 is 1.80. The van der Waals surface area contributed by atoms with Crippen molar-refractivity contribution in [2.45, 2.75) is 0 Å². The van der Waals surface area contributed by atoms with Crippen LogP contribution in [0.3, 0.4) is 0 Å². The molecule has 0 unspecified atom stereocenters. The van der Waals surface area contributed by atoms with Gasteiger partial charge in [-0.3, -0.25) is 0 Å². The lowest BCUT2D eigenvalue weighted by atomic mass is 10.1. The Morgan fingerprint density at radius 2 is 1.81 bits per heavy atom. The van der Waals surface area contributed by atoms with Crippen molar-refractivity contribution in [1.82, 2.24) is 0 Å². The second kappa shape index (κ2) is 3.86. The Morgan fingerprint density at radius 3 is 2.71 bits per heavy atom. The molecule has 0 fully saturated rings. The van der Waals surface area contributed by atoms with E-state index in [0.29, 0.717) is 6.79 Å². The Labute approximate surface area is 124 Å². The average Bonchev–Trinajstić information content (AvgIpc) is 3.08. The first-order chi connectivity index (χ1) is 10.3. The van der Waals surface area contributed by atoms with E-state index in [-0.39, 0.29) is 0 Å². The van der Waals surface area contributed by atoms with E-state index < -0.39 is 0 Å². The minimum absolute atomic E-state index is 0.320. The number of aryl methyl sites for hydroxylation is 1. The highest BCUT2D eigenvalue weighted by Crippen LogP contribution is 2.43. The molecule has 3 nitrogen and oxygen atoms in total. The van der Waals surface area contributed by atoms with Crippen LogP contribution in [0.1, 0.15) is 0 Å². The Hall–Kier alpha value is -2.33. The van der Waals surface area contributed by atoms with Crippen molar-refractivity contribution >= 4 is 42.4 Å². The largest absolute Gasteiger partial charge is 0.454 e. The first kappa shape index (κ1) is 11.3. The van der Waals surface area contributed by atoms with Gasteiger partial charge in [-0.2, -0.15) is 4.57 Å². The first-order valence-electron chi connectivity index (χ1n) is 6.84. The van der Waals surface area contributed by atoms with Crippen LogP contribution in [0.25, 0.3) is 31.1 Å². The van der Waals surface area contributed by atoms with Crippen LogP contribution in [-0.2, 0) is 7.05 Å². The summed E-state index contributed by atoms with van der Waals surface area (Å²) in [4.78, 5) is 0. The lowest BCUT2D eigenvalue weighted by molar-refractivity contribution is -0.643. The molecular weight excluding hydrogens is 282 g/mol. The third-order valence-corrected chi connectivity index (χ3v) is 5.16. The summed E-state index contributed by atoms with van der Waals surface area (Å²) in [5, 5.41) is 3.83. The average molecular weight is 294 g/mol. The van der Waals surface area contributed by atoms with Crippen molar-refractivity contribution in [2.75, 3.05) is 6.79 Å². The number of aromatic nitrogens is 1. The van der Waals surface area contributed by atoms with Crippen LogP contribution >= 0.6 is 11.3 Å². The molecule has 102 valence electrons. The van der Waals surface area contributed by atoms with Gasteiger partial charge in [0.2, 0.25) is 12.3 Å². The van der Waals surface area contributed by atoms with E-state index in [2.05, 4.69) is 54.2 Å². The molecular formula is C17H12NO2S+. The SMILES string of the molecule is C[n+]1cc2sc3cc4c(cc3c2c2ccccc21)OCO4. The Balaban J connectivity index is 2.04. The molecule has 21 heavy (non-hydrogen) atoms. The van der Waals surface area contributed by atoms with E-state index in [1.165, 1.54) is 31.1 Å². The van der Waals surface area contributed by atoms with Gasteiger partial charge in [-0.25, -0.2) is 0 Å². The van der Waals surface area contributed by atoms with E-state index in [4.69, 9.17) is 9.47 Å². The lowest BCUT2D eigenvalue weighted by Gasteiger charge is -2.00. The maximum Gasteiger partial charge on any atom is 0.231 e. The lowest BCUT2D eigenvalue weighted by Crippen LogP contribution is -2.27. The molecule has 0 saturated heterocycles. The molecule has 2 aromatic heterocycles. The van der Waals surface area contributed by atoms with Crippen molar-refractivity contribution in [1.29, 1.82) is 0 Å². The number of rotatable bonds is 0. The number of hydrogen-bond donors (Lipinski definition) is 0.